The molecule has 0 aliphatic heterocycles. The van der Waals surface area contributed by atoms with Crippen molar-refractivity contribution in [2.75, 3.05) is 13.6 Å². The van der Waals surface area contributed by atoms with E-state index in [0.29, 0.717) is 0 Å². The molecule has 0 aromatic heterocycles. The molecule has 1 rings (SSSR count). The van der Waals surface area contributed by atoms with E-state index in [4.69, 9.17) is 0 Å². The highest BCUT2D eigenvalue weighted by Gasteiger charge is 1.87. The molecule has 0 fully saturated rings. The molecule has 0 aliphatic rings. The summed E-state index contributed by atoms with van der Waals surface area (Å²) in [5.41, 5.74) is 2.26. The first kappa shape index (κ1) is 13.6. The predicted molar refractivity (Wildman–Crippen MR) is 69.4 cm³/mol. The van der Waals surface area contributed by atoms with Crippen molar-refractivity contribution in [3.05, 3.63) is 35.4 Å². The molecular formula is C13H20N2. The first-order valence-electron chi connectivity index (χ1n) is 5.39. The van der Waals surface area contributed by atoms with E-state index in [1.807, 2.05) is 57.5 Å². The van der Waals surface area contributed by atoms with Crippen LogP contribution < -0.4 is 0 Å². The minimum absolute atomic E-state index is 0.832. The fourth-order valence-electron chi connectivity index (χ4n) is 1.01. The number of rotatable bonds is 3. The second-order valence-corrected chi connectivity index (χ2v) is 2.68. The molecule has 0 saturated heterocycles. The Morgan fingerprint density at radius 2 is 1.47 bits per heavy atom. The maximum absolute atomic E-state index is 4.16. The van der Waals surface area contributed by atoms with Gasteiger partial charge in [0.15, 0.2) is 0 Å². The average molecular weight is 204 g/mol. The lowest BCUT2D eigenvalue weighted by atomic mass is 10.2. The van der Waals surface area contributed by atoms with E-state index in [9.17, 15) is 0 Å². The Hall–Kier alpha value is -1.44. The minimum Gasteiger partial charge on any atom is -0.296 e. The van der Waals surface area contributed by atoms with Crippen molar-refractivity contribution >= 4 is 12.4 Å². The van der Waals surface area contributed by atoms with Crippen LogP contribution >= 0.6 is 0 Å². The Morgan fingerprint density at radius 3 is 1.87 bits per heavy atom. The maximum atomic E-state index is 4.16. The van der Waals surface area contributed by atoms with E-state index in [-0.39, 0.29) is 0 Å². The van der Waals surface area contributed by atoms with Gasteiger partial charge in [-0.15, -0.1) is 0 Å². The molecule has 2 heteroatoms. The third-order valence-electron chi connectivity index (χ3n) is 1.64. The molecule has 0 saturated carbocycles. The van der Waals surface area contributed by atoms with Gasteiger partial charge in [-0.3, -0.25) is 9.98 Å². The Labute approximate surface area is 92.8 Å². The smallest absolute Gasteiger partial charge is 0.0361 e. The molecule has 0 N–H and O–H groups in total. The van der Waals surface area contributed by atoms with Gasteiger partial charge in [-0.25, -0.2) is 0 Å². The molecule has 82 valence electrons. The second-order valence-electron chi connectivity index (χ2n) is 2.68. The number of aliphatic imine (C=N–C) groups is 2. The lowest BCUT2D eigenvalue weighted by Crippen LogP contribution is -1.84. The largest absolute Gasteiger partial charge is 0.296 e. The number of nitrogens with zero attached hydrogens (tertiary/aromatic N) is 2. The second kappa shape index (κ2) is 9.13. The van der Waals surface area contributed by atoms with E-state index in [2.05, 4.69) is 9.98 Å². The van der Waals surface area contributed by atoms with Crippen LogP contribution in [0.25, 0.3) is 0 Å². The molecule has 0 amide bonds. The van der Waals surface area contributed by atoms with Crippen LogP contribution in [0.15, 0.2) is 34.3 Å². The SMILES string of the molecule is CC.CCN=Cc1ccc(C=NC)cc1. The fourth-order valence-corrected chi connectivity index (χ4v) is 1.01. The summed E-state index contributed by atoms with van der Waals surface area (Å²) in [4.78, 5) is 8.10. The molecule has 0 aliphatic carbocycles. The van der Waals surface area contributed by atoms with Gasteiger partial charge in [0.25, 0.3) is 0 Å². The molecule has 2 nitrogen and oxygen atoms in total. The van der Waals surface area contributed by atoms with Gasteiger partial charge < -0.3 is 0 Å². The Balaban J connectivity index is 0.000000921. The van der Waals surface area contributed by atoms with Crippen molar-refractivity contribution in [2.24, 2.45) is 9.98 Å². The number of hydrogen-bond donors (Lipinski definition) is 0. The van der Waals surface area contributed by atoms with Crippen LogP contribution in [0.3, 0.4) is 0 Å². The number of benzene rings is 1. The Morgan fingerprint density at radius 1 is 1.00 bits per heavy atom. The van der Waals surface area contributed by atoms with Gasteiger partial charge in [0.2, 0.25) is 0 Å². The molecule has 0 heterocycles. The van der Waals surface area contributed by atoms with E-state index < -0.39 is 0 Å². The maximum Gasteiger partial charge on any atom is 0.0361 e. The van der Waals surface area contributed by atoms with Gasteiger partial charge >= 0.3 is 0 Å². The zero-order valence-electron chi connectivity index (χ0n) is 10.1. The summed E-state index contributed by atoms with van der Waals surface area (Å²) in [6, 6.07) is 8.14. The molecular weight excluding hydrogens is 184 g/mol. The first-order chi connectivity index (χ1) is 7.36. The summed E-state index contributed by atoms with van der Waals surface area (Å²) < 4.78 is 0. The molecule has 1 aromatic rings. The van der Waals surface area contributed by atoms with Crippen molar-refractivity contribution < 1.29 is 0 Å². The third kappa shape index (κ3) is 5.78. The van der Waals surface area contributed by atoms with Crippen LogP contribution in [-0.4, -0.2) is 26.0 Å². The summed E-state index contributed by atoms with van der Waals surface area (Å²) in [7, 11) is 1.77. The lowest BCUT2D eigenvalue weighted by molar-refractivity contribution is 1.14. The molecule has 0 spiro atoms. The zero-order valence-corrected chi connectivity index (χ0v) is 10.1. The van der Waals surface area contributed by atoms with Crippen LogP contribution in [0.5, 0.6) is 0 Å². The van der Waals surface area contributed by atoms with Crippen molar-refractivity contribution in [2.45, 2.75) is 20.8 Å². The highest BCUT2D eigenvalue weighted by Crippen LogP contribution is 1.99. The van der Waals surface area contributed by atoms with Crippen LogP contribution in [0.1, 0.15) is 31.9 Å². The summed E-state index contributed by atoms with van der Waals surface area (Å²) in [6.45, 7) is 6.85. The molecule has 1 aromatic carbocycles. The third-order valence-corrected chi connectivity index (χ3v) is 1.64. The predicted octanol–water partition coefficient (Wildman–Crippen LogP) is 3.20. The highest BCUT2D eigenvalue weighted by molar-refractivity contribution is 5.83. The standard InChI is InChI=1S/C11H14N2.C2H6/c1-3-13-9-11-6-4-10(5-7-11)8-12-2;1-2/h4-9H,3H2,1-2H3;1-2H3. The quantitative estimate of drug-likeness (QED) is 0.675. The monoisotopic (exact) mass is 204 g/mol. The van der Waals surface area contributed by atoms with E-state index in [1.165, 1.54) is 0 Å². The van der Waals surface area contributed by atoms with Crippen molar-refractivity contribution in [3.63, 3.8) is 0 Å². The van der Waals surface area contributed by atoms with Gasteiger partial charge in [0.05, 0.1) is 0 Å². The minimum atomic E-state index is 0.832. The molecule has 0 atom stereocenters. The van der Waals surface area contributed by atoms with E-state index >= 15 is 0 Å². The van der Waals surface area contributed by atoms with Crippen molar-refractivity contribution in [1.29, 1.82) is 0 Å². The topological polar surface area (TPSA) is 24.7 Å². The molecule has 15 heavy (non-hydrogen) atoms. The van der Waals surface area contributed by atoms with Crippen molar-refractivity contribution in [3.8, 4) is 0 Å². The van der Waals surface area contributed by atoms with Crippen LogP contribution in [-0.2, 0) is 0 Å². The highest BCUT2D eigenvalue weighted by atomic mass is 14.7. The number of hydrogen-bond acceptors (Lipinski definition) is 2. The normalized spacial score (nSPS) is 10.4. The van der Waals surface area contributed by atoms with Gasteiger partial charge in [0.1, 0.15) is 0 Å². The van der Waals surface area contributed by atoms with Gasteiger partial charge in [0, 0.05) is 26.0 Å². The summed E-state index contributed by atoms with van der Waals surface area (Å²) in [5.74, 6) is 0. The zero-order chi connectivity index (χ0) is 11.5. The molecule has 0 unspecified atom stereocenters. The Bertz CT molecular complexity index is 297. The van der Waals surface area contributed by atoms with Crippen LogP contribution in [0, 0.1) is 0 Å². The summed E-state index contributed by atoms with van der Waals surface area (Å²) in [5, 5.41) is 0. The van der Waals surface area contributed by atoms with Gasteiger partial charge in [-0.2, -0.15) is 0 Å². The van der Waals surface area contributed by atoms with Gasteiger partial charge in [-0.1, -0.05) is 38.1 Å². The summed E-state index contributed by atoms with van der Waals surface area (Å²) in [6.07, 6.45) is 3.72. The van der Waals surface area contributed by atoms with E-state index in [0.717, 1.165) is 17.7 Å². The van der Waals surface area contributed by atoms with E-state index in [1.54, 1.807) is 7.05 Å². The lowest BCUT2D eigenvalue weighted by Gasteiger charge is -1.93. The Kier molecular flexibility index (Phi) is 8.25. The average Bonchev–Trinajstić information content (AvgIpc) is 2.31. The first-order valence-corrected chi connectivity index (χ1v) is 5.39. The van der Waals surface area contributed by atoms with Crippen LogP contribution in [0.4, 0.5) is 0 Å². The van der Waals surface area contributed by atoms with Crippen LogP contribution in [0.2, 0.25) is 0 Å². The summed E-state index contributed by atoms with van der Waals surface area (Å²) >= 11 is 0. The van der Waals surface area contributed by atoms with Gasteiger partial charge in [-0.05, 0) is 18.1 Å². The fraction of sp³-hybridized carbons (Fsp3) is 0.385. The molecule has 0 bridgehead atoms. The molecule has 0 radical (unpaired) electrons. The van der Waals surface area contributed by atoms with Crippen molar-refractivity contribution in [1.82, 2.24) is 0 Å².